The third-order valence-electron chi connectivity index (χ3n) is 7.77. The number of hydrogen-bond acceptors (Lipinski definition) is 4. The van der Waals surface area contributed by atoms with Gasteiger partial charge in [-0.2, -0.15) is 0 Å². The van der Waals surface area contributed by atoms with Crippen molar-refractivity contribution in [3.8, 4) is 0 Å². The van der Waals surface area contributed by atoms with Gasteiger partial charge in [0.2, 0.25) is 0 Å². The first-order valence-electron chi connectivity index (χ1n) is 12.7. The van der Waals surface area contributed by atoms with Crippen LogP contribution in [-0.2, 0) is 25.0 Å². The maximum Gasteiger partial charge on any atom is 0.100 e. The van der Waals surface area contributed by atoms with E-state index in [0.29, 0.717) is 0 Å². The lowest BCUT2D eigenvalue weighted by Crippen LogP contribution is -2.55. The van der Waals surface area contributed by atoms with Crippen molar-refractivity contribution in [3.05, 3.63) is 11.6 Å². The monoisotopic (exact) mass is 454 g/mol. The van der Waals surface area contributed by atoms with Gasteiger partial charge in [-0.3, -0.25) is 4.21 Å². The highest BCUT2D eigenvalue weighted by Gasteiger charge is 2.72. The van der Waals surface area contributed by atoms with Crippen LogP contribution in [0, 0.1) is 5.92 Å². The van der Waals surface area contributed by atoms with E-state index in [1.807, 2.05) is 0 Å². The van der Waals surface area contributed by atoms with E-state index in [-0.39, 0.29) is 34.6 Å². The van der Waals surface area contributed by atoms with Gasteiger partial charge in [0.25, 0.3) is 0 Å². The Morgan fingerprint density at radius 1 is 1.13 bits per heavy atom. The standard InChI is InChI=1S/C26H46O4S/c1-6-7-8-9-10-11-12-13-18-31(27)21-16-17-26(19-29-26)24(23(21)28-5)25(4)22(30-25)15-14-20(2)3/h14,21-24H,6-13,15-19H2,1-5H3. The minimum Gasteiger partial charge on any atom is -0.380 e. The van der Waals surface area contributed by atoms with Crippen molar-refractivity contribution < 1.29 is 18.4 Å². The fraction of sp³-hybridized carbons (Fsp3) is 0.923. The van der Waals surface area contributed by atoms with Crippen LogP contribution in [0.15, 0.2) is 11.6 Å². The normalized spacial score (nSPS) is 37.6. The second-order valence-corrected chi connectivity index (χ2v) is 12.3. The van der Waals surface area contributed by atoms with Crippen LogP contribution in [0.25, 0.3) is 0 Å². The first kappa shape index (κ1) is 25.4. The average molecular weight is 455 g/mol. The SMILES string of the molecule is CCCCCCCCCCS(=O)C1CCC2(CO2)C(C2(C)OC2CC=C(C)C)C1OC. The molecule has 2 saturated heterocycles. The van der Waals surface area contributed by atoms with Gasteiger partial charge < -0.3 is 14.2 Å². The van der Waals surface area contributed by atoms with E-state index in [1.54, 1.807) is 7.11 Å². The van der Waals surface area contributed by atoms with Gasteiger partial charge in [-0.05, 0) is 46.5 Å². The zero-order chi connectivity index (χ0) is 22.5. The largest absolute Gasteiger partial charge is 0.380 e. The van der Waals surface area contributed by atoms with Gasteiger partial charge in [0.1, 0.15) is 5.60 Å². The van der Waals surface area contributed by atoms with E-state index >= 15 is 0 Å². The van der Waals surface area contributed by atoms with Crippen LogP contribution in [0.1, 0.15) is 98.3 Å². The van der Waals surface area contributed by atoms with Crippen molar-refractivity contribution in [2.45, 2.75) is 127 Å². The van der Waals surface area contributed by atoms with Crippen molar-refractivity contribution in [1.29, 1.82) is 0 Å². The molecule has 1 saturated carbocycles. The smallest absolute Gasteiger partial charge is 0.100 e. The molecule has 0 amide bonds. The Kier molecular flexibility index (Phi) is 9.23. The third-order valence-corrected chi connectivity index (χ3v) is 9.64. The Balaban J connectivity index is 1.53. The van der Waals surface area contributed by atoms with Gasteiger partial charge in [-0.15, -0.1) is 0 Å². The summed E-state index contributed by atoms with van der Waals surface area (Å²) in [5, 5.41) is 0.0968. The maximum atomic E-state index is 13.3. The molecule has 7 unspecified atom stereocenters. The van der Waals surface area contributed by atoms with Crippen molar-refractivity contribution >= 4 is 10.8 Å². The molecule has 0 aromatic rings. The van der Waals surface area contributed by atoms with Gasteiger partial charge in [0, 0.05) is 29.6 Å². The minimum absolute atomic E-state index is 0.0483. The summed E-state index contributed by atoms with van der Waals surface area (Å²) in [5.41, 5.74) is 0.977. The lowest BCUT2D eigenvalue weighted by molar-refractivity contribution is -0.0458. The summed E-state index contributed by atoms with van der Waals surface area (Å²) in [6.07, 6.45) is 15.5. The van der Waals surface area contributed by atoms with E-state index in [4.69, 9.17) is 14.2 Å². The molecule has 0 bridgehead atoms. The number of rotatable bonds is 14. The average Bonchev–Trinajstić information content (AvgIpc) is 3.65. The predicted octanol–water partition coefficient (Wildman–Crippen LogP) is 5.95. The maximum absolute atomic E-state index is 13.3. The van der Waals surface area contributed by atoms with Crippen LogP contribution in [0.5, 0.6) is 0 Å². The van der Waals surface area contributed by atoms with Crippen LogP contribution in [0.2, 0.25) is 0 Å². The topological polar surface area (TPSA) is 51.4 Å². The van der Waals surface area contributed by atoms with Gasteiger partial charge in [0.15, 0.2) is 0 Å². The van der Waals surface area contributed by atoms with Crippen molar-refractivity contribution in [2.75, 3.05) is 19.5 Å². The van der Waals surface area contributed by atoms with Crippen LogP contribution in [0.3, 0.4) is 0 Å². The second kappa shape index (κ2) is 11.3. The lowest BCUT2D eigenvalue weighted by Gasteiger charge is -2.43. The van der Waals surface area contributed by atoms with Crippen LogP contribution >= 0.6 is 0 Å². The molecule has 2 heterocycles. The van der Waals surface area contributed by atoms with Gasteiger partial charge in [-0.25, -0.2) is 0 Å². The Morgan fingerprint density at radius 3 is 2.35 bits per heavy atom. The Bertz CT molecular complexity index is 625. The molecule has 3 fully saturated rings. The molecule has 1 spiro atoms. The van der Waals surface area contributed by atoms with Crippen LogP contribution in [-0.4, -0.2) is 52.3 Å². The predicted molar refractivity (Wildman–Crippen MR) is 129 cm³/mol. The van der Waals surface area contributed by atoms with Crippen molar-refractivity contribution in [1.82, 2.24) is 0 Å². The fourth-order valence-electron chi connectivity index (χ4n) is 5.75. The molecule has 2 aliphatic heterocycles. The van der Waals surface area contributed by atoms with E-state index in [1.165, 1.54) is 50.5 Å². The van der Waals surface area contributed by atoms with E-state index < -0.39 is 10.8 Å². The molecule has 180 valence electrons. The van der Waals surface area contributed by atoms with Gasteiger partial charge in [-0.1, -0.05) is 63.5 Å². The second-order valence-electron chi connectivity index (χ2n) is 10.5. The van der Waals surface area contributed by atoms with Crippen molar-refractivity contribution in [3.63, 3.8) is 0 Å². The Labute approximate surface area is 193 Å². The fourth-order valence-corrected chi connectivity index (χ4v) is 7.49. The number of unbranched alkanes of at least 4 members (excludes halogenated alkanes) is 7. The Morgan fingerprint density at radius 2 is 1.77 bits per heavy atom. The summed E-state index contributed by atoms with van der Waals surface area (Å²) in [4.78, 5) is 0. The molecule has 3 rings (SSSR count). The van der Waals surface area contributed by atoms with Crippen LogP contribution < -0.4 is 0 Å². The molecular weight excluding hydrogens is 408 g/mol. The number of ether oxygens (including phenoxy) is 3. The highest BCUT2D eigenvalue weighted by atomic mass is 32.2. The van der Waals surface area contributed by atoms with E-state index in [9.17, 15) is 4.21 Å². The molecule has 0 N–H and O–H groups in total. The number of epoxide rings is 2. The summed E-state index contributed by atoms with van der Waals surface area (Å²) < 4.78 is 31.7. The summed E-state index contributed by atoms with van der Waals surface area (Å²) in [6.45, 7) is 9.54. The highest BCUT2D eigenvalue weighted by Crippen LogP contribution is 2.59. The molecule has 31 heavy (non-hydrogen) atoms. The zero-order valence-corrected chi connectivity index (χ0v) is 21.4. The van der Waals surface area contributed by atoms with Crippen LogP contribution in [0.4, 0.5) is 0 Å². The summed E-state index contributed by atoms with van der Waals surface area (Å²) in [6, 6.07) is 0. The lowest BCUT2D eigenvalue weighted by atomic mass is 9.69. The minimum atomic E-state index is -0.850. The summed E-state index contributed by atoms with van der Waals surface area (Å²) in [5.74, 6) is 0.973. The molecule has 1 aliphatic carbocycles. The first-order chi connectivity index (χ1) is 14.9. The molecular formula is C26H46O4S. The molecule has 0 radical (unpaired) electrons. The number of allylic oxidation sites excluding steroid dienone is 1. The first-order valence-corrected chi connectivity index (χ1v) is 14.1. The molecule has 4 nitrogen and oxygen atoms in total. The van der Waals surface area contributed by atoms with E-state index in [2.05, 4.69) is 33.8 Å². The van der Waals surface area contributed by atoms with E-state index in [0.717, 1.165) is 38.0 Å². The third kappa shape index (κ3) is 6.22. The molecule has 5 heteroatoms. The molecule has 3 aliphatic rings. The quantitative estimate of drug-likeness (QED) is 0.185. The van der Waals surface area contributed by atoms with Gasteiger partial charge >= 0.3 is 0 Å². The van der Waals surface area contributed by atoms with Crippen molar-refractivity contribution in [2.24, 2.45) is 5.92 Å². The molecule has 7 atom stereocenters. The van der Waals surface area contributed by atoms with Gasteiger partial charge in [0.05, 0.1) is 29.7 Å². The number of methoxy groups -OCH3 is 1. The molecule has 0 aromatic heterocycles. The molecule has 0 aromatic carbocycles. The zero-order valence-electron chi connectivity index (χ0n) is 20.6. The summed E-state index contributed by atoms with van der Waals surface area (Å²) >= 11 is 0. The Hall–Kier alpha value is -0.230. The summed E-state index contributed by atoms with van der Waals surface area (Å²) in [7, 11) is 0.938. The number of hydrogen-bond donors (Lipinski definition) is 0. The highest BCUT2D eigenvalue weighted by molar-refractivity contribution is 7.85.